The van der Waals surface area contributed by atoms with Crippen molar-refractivity contribution in [2.75, 3.05) is 5.32 Å². The molecular formula is C22H28N4O2. The van der Waals surface area contributed by atoms with E-state index in [1.54, 1.807) is 0 Å². The molecule has 28 heavy (non-hydrogen) atoms. The van der Waals surface area contributed by atoms with Gasteiger partial charge in [0.1, 0.15) is 0 Å². The second kappa shape index (κ2) is 8.87. The van der Waals surface area contributed by atoms with Gasteiger partial charge in [-0.25, -0.2) is 0 Å². The first-order valence-electron chi connectivity index (χ1n) is 9.88. The predicted octanol–water partition coefficient (Wildman–Crippen LogP) is 4.39. The van der Waals surface area contributed by atoms with E-state index in [2.05, 4.69) is 10.6 Å². The highest BCUT2D eigenvalue weighted by atomic mass is 16.3. The molecule has 5 N–H and O–H groups in total. The lowest BCUT2D eigenvalue weighted by Crippen LogP contribution is -2.40. The number of carbonyl (C=O) groups is 1. The fraction of sp³-hybridized carbons (Fsp3) is 0.409. The van der Waals surface area contributed by atoms with Crippen LogP contribution in [-0.2, 0) is 4.79 Å². The van der Waals surface area contributed by atoms with Gasteiger partial charge in [-0.3, -0.25) is 4.79 Å². The largest absolute Gasteiger partial charge is 0.503 e. The van der Waals surface area contributed by atoms with Crippen LogP contribution in [0, 0.1) is 17.7 Å². The number of hydrogen-bond acceptors (Lipinski definition) is 5. The summed E-state index contributed by atoms with van der Waals surface area (Å²) in [7, 11) is 0. The molecular weight excluding hydrogens is 352 g/mol. The summed E-state index contributed by atoms with van der Waals surface area (Å²) < 4.78 is 0. The molecule has 1 saturated carbocycles. The first-order valence-corrected chi connectivity index (χ1v) is 9.88. The first-order chi connectivity index (χ1) is 13.5. The maximum atomic E-state index is 12.6. The minimum absolute atomic E-state index is 0.328. The summed E-state index contributed by atoms with van der Waals surface area (Å²) in [5, 5.41) is 32.5. The number of amides is 1. The number of rotatable bonds is 5. The molecule has 0 spiro atoms. The van der Waals surface area contributed by atoms with Crippen molar-refractivity contribution in [2.24, 2.45) is 0 Å². The van der Waals surface area contributed by atoms with E-state index in [4.69, 9.17) is 10.8 Å². The second-order valence-corrected chi connectivity index (χ2v) is 7.45. The van der Waals surface area contributed by atoms with E-state index in [-0.39, 0.29) is 11.8 Å². The van der Waals surface area contributed by atoms with Gasteiger partial charge in [0, 0.05) is 34.5 Å². The molecule has 6 nitrogen and oxygen atoms in total. The highest BCUT2D eigenvalue weighted by molar-refractivity contribution is 6.06. The normalized spacial score (nSPS) is 21.9. The quantitative estimate of drug-likeness (QED) is 0.297. The topological polar surface area (TPSA) is 109 Å². The van der Waals surface area contributed by atoms with Gasteiger partial charge in [-0.1, -0.05) is 18.2 Å². The highest BCUT2D eigenvalue weighted by Gasteiger charge is 2.27. The number of para-hydroxylation sites is 1. The Bertz CT molecular complexity index is 854. The maximum Gasteiger partial charge on any atom is 0.286 e. The van der Waals surface area contributed by atoms with Crippen LogP contribution in [0.1, 0.15) is 50.5 Å². The van der Waals surface area contributed by atoms with E-state index in [0.717, 1.165) is 54.6 Å². The molecule has 0 heterocycles. The molecule has 0 radical (unpaired) electrons. The van der Waals surface area contributed by atoms with Crippen LogP contribution in [0.2, 0.25) is 0 Å². The van der Waals surface area contributed by atoms with Gasteiger partial charge in [-0.05, 0) is 63.5 Å². The number of allylic oxidation sites excluding steroid dienone is 2. The van der Waals surface area contributed by atoms with Crippen LogP contribution in [0.4, 0.5) is 5.69 Å². The van der Waals surface area contributed by atoms with Gasteiger partial charge < -0.3 is 26.6 Å². The zero-order valence-electron chi connectivity index (χ0n) is 16.3. The summed E-state index contributed by atoms with van der Waals surface area (Å²) in [5.41, 5.74) is 4.58. The van der Waals surface area contributed by atoms with E-state index in [1.165, 1.54) is 6.21 Å². The minimum Gasteiger partial charge on any atom is -0.503 e. The number of aryl methyl sites for hydroxylation is 1. The number of aliphatic hydroxyl groups excluding tert-OH is 1. The average molecular weight is 380 g/mol. The fourth-order valence-electron chi connectivity index (χ4n) is 3.87. The van der Waals surface area contributed by atoms with Crippen molar-refractivity contribution < 1.29 is 9.90 Å². The lowest BCUT2D eigenvalue weighted by molar-refractivity contribution is -0.120. The molecule has 2 aliphatic carbocycles. The number of carbonyl (C=O) groups excluding carboxylic acids is 1. The molecule has 1 atom stereocenters. The minimum atomic E-state index is -0.553. The summed E-state index contributed by atoms with van der Waals surface area (Å²) in [6.45, 7) is 2.03. The number of nitrogens with one attached hydrogen (secondary N) is 4. The molecule has 1 aromatic rings. The third-order valence-corrected chi connectivity index (χ3v) is 5.50. The standard InChI is InChI=1S/C22H28N4O2/c1-14-7-2-5-10-18(14)25-19-11-6-12-20(16(19)13-23)26-22(28)21(27)15-8-3-4-9-17(15)24/h2,5,7,10,13,20,23-25,27H,3-4,6,8-9,11-12H2,1H3,(H,26,28)/b21-15-,23-13?,24-17?. The van der Waals surface area contributed by atoms with Crippen molar-refractivity contribution in [3.8, 4) is 0 Å². The molecule has 0 aliphatic heterocycles. The van der Waals surface area contributed by atoms with E-state index < -0.39 is 5.91 Å². The lowest BCUT2D eigenvalue weighted by Gasteiger charge is -2.28. The van der Waals surface area contributed by atoms with Gasteiger partial charge in [0.05, 0.1) is 6.04 Å². The summed E-state index contributed by atoms with van der Waals surface area (Å²) in [5.74, 6) is -0.892. The van der Waals surface area contributed by atoms with Crippen LogP contribution >= 0.6 is 0 Å². The van der Waals surface area contributed by atoms with Crippen molar-refractivity contribution in [3.05, 3.63) is 52.4 Å². The highest BCUT2D eigenvalue weighted by Crippen LogP contribution is 2.28. The van der Waals surface area contributed by atoms with Gasteiger partial charge in [-0.2, -0.15) is 0 Å². The van der Waals surface area contributed by atoms with E-state index in [9.17, 15) is 9.90 Å². The molecule has 0 saturated heterocycles. The Balaban J connectivity index is 1.80. The number of benzene rings is 1. The zero-order valence-corrected chi connectivity index (χ0v) is 16.3. The molecule has 3 rings (SSSR count). The number of anilines is 1. The molecule has 1 amide bonds. The van der Waals surface area contributed by atoms with Crippen molar-refractivity contribution in [1.29, 1.82) is 10.8 Å². The fourth-order valence-corrected chi connectivity index (χ4v) is 3.87. The van der Waals surface area contributed by atoms with Crippen LogP contribution in [0.5, 0.6) is 0 Å². The van der Waals surface area contributed by atoms with E-state index >= 15 is 0 Å². The summed E-state index contributed by atoms with van der Waals surface area (Å²) >= 11 is 0. The molecule has 148 valence electrons. The smallest absolute Gasteiger partial charge is 0.286 e. The van der Waals surface area contributed by atoms with E-state index in [0.29, 0.717) is 24.1 Å². The molecule has 1 fully saturated rings. The van der Waals surface area contributed by atoms with Gasteiger partial charge in [0.25, 0.3) is 5.91 Å². The Morgan fingerprint density at radius 3 is 2.64 bits per heavy atom. The third-order valence-electron chi connectivity index (χ3n) is 5.50. The first kappa shape index (κ1) is 19.9. The summed E-state index contributed by atoms with van der Waals surface area (Å²) in [6, 6.07) is 7.64. The average Bonchev–Trinajstić information content (AvgIpc) is 2.70. The van der Waals surface area contributed by atoms with Crippen LogP contribution < -0.4 is 10.6 Å². The summed E-state index contributed by atoms with van der Waals surface area (Å²) in [6.07, 6.45) is 6.67. The SMILES string of the molecule is Cc1ccccc1NC1=C(C=N)C(NC(=O)/C(O)=C2\CCCCC2=N)CCC1. The van der Waals surface area contributed by atoms with Crippen LogP contribution in [0.3, 0.4) is 0 Å². The van der Waals surface area contributed by atoms with Crippen LogP contribution in [-0.4, -0.2) is 29.0 Å². The third kappa shape index (κ3) is 4.32. The molecule has 0 aromatic heterocycles. The van der Waals surface area contributed by atoms with Gasteiger partial charge in [0.15, 0.2) is 5.76 Å². The lowest BCUT2D eigenvalue weighted by atomic mass is 9.90. The van der Waals surface area contributed by atoms with Crippen molar-refractivity contribution in [1.82, 2.24) is 5.32 Å². The molecule has 0 bridgehead atoms. The second-order valence-electron chi connectivity index (χ2n) is 7.45. The molecule has 1 unspecified atom stereocenters. The molecule has 1 aromatic carbocycles. The Morgan fingerprint density at radius 1 is 1.18 bits per heavy atom. The van der Waals surface area contributed by atoms with Crippen LogP contribution in [0.25, 0.3) is 0 Å². The van der Waals surface area contributed by atoms with Crippen molar-refractivity contribution in [2.45, 2.75) is 57.9 Å². The maximum absolute atomic E-state index is 12.6. The van der Waals surface area contributed by atoms with Crippen molar-refractivity contribution >= 4 is 23.5 Å². The van der Waals surface area contributed by atoms with E-state index in [1.807, 2.05) is 31.2 Å². The van der Waals surface area contributed by atoms with Gasteiger partial charge >= 0.3 is 0 Å². The Labute approximate surface area is 165 Å². The predicted molar refractivity (Wildman–Crippen MR) is 112 cm³/mol. The molecule has 2 aliphatic rings. The Morgan fingerprint density at radius 2 is 1.93 bits per heavy atom. The summed E-state index contributed by atoms with van der Waals surface area (Å²) in [4.78, 5) is 12.6. The Hall–Kier alpha value is -2.89. The van der Waals surface area contributed by atoms with Crippen LogP contribution in [0.15, 0.2) is 46.9 Å². The zero-order chi connectivity index (χ0) is 20.1. The molecule has 6 heteroatoms. The Kier molecular flexibility index (Phi) is 6.29. The monoisotopic (exact) mass is 380 g/mol. The van der Waals surface area contributed by atoms with Crippen molar-refractivity contribution in [3.63, 3.8) is 0 Å². The number of aliphatic hydroxyl groups is 1. The number of hydrogen-bond donors (Lipinski definition) is 5. The van der Waals surface area contributed by atoms with Gasteiger partial charge in [-0.15, -0.1) is 0 Å². The van der Waals surface area contributed by atoms with Gasteiger partial charge in [0.2, 0.25) is 0 Å².